The van der Waals surface area contributed by atoms with Crippen LogP contribution in [0.4, 0.5) is 5.69 Å². The number of aromatic nitrogens is 1. The Morgan fingerprint density at radius 3 is 2.88 bits per heavy atom. The van der Waals surface area contributed by atoms with Crippen molar-refractivity contribution in [2.45, 2.75) is 25.8 Å². The molecule has 88 valence electrons. The maximum atomic E-state index is 10.9. The molecule has 1 rings (SSSR count). The molecule has 0 unspecified atom stereocenters. The standard InChI is InChI=1S/C11H17N3O2/c1-11(2,4-6-15)14-8-3-5-13-9(7-8)10(12)16/h3,5,7,15H,4,6H2,1-2H3,(H2,12,16)(H,13,14). The molecule has 5 heteroatoms. The summed E-state index contributed by atoms with van der Waals surface area (Å²) in [6, 6.07) is 3.35. The van der Waals surface area contributed by atoms with E-state index in [4.69, 9.17) is 10.8 Å². The highest BCUT2D eigenvalue weighted by atomic mass is 16.3. The van der Waals surface area contributed by atoms with Gasteiger partial charge in [0.25, 0.3) is 5.91 Å². The molecule has 0 fully saturated rings. The number of rotatable bonds is 5. The Kier molecular flexibility index (Phi) is 3.84. The summed E-state index contributed by atoms with van der Waals surface area (Å²) in [6.45, 7) is 4.04. The number of hydrogen-bond acceptors (Lipinski definition) is 4. The number of hydrogen-bond donors (Lipinski definition) is 3. The zero-order chi connectivity index (χ0) is 12.2. The maximum Gasteiger partial charge on any atom is 0.267 e. The fourth-order valence-electron chi connectivity index (χ4n) is 1.38. The number of nitrogens with zero attached hydrogens (tertiary/aromatic N) is 1. The van der Waals surface area contributed by atoms with E-state index in [1.807, 2.05) is 13.8 Å². The van der Waals surface area contributed by atoms with E-state index < -0.39 is 5.91 Å². The summed E-state index contributed by atoms with van der Waals surface area (Å²) < 4.78 is 0. The molecule has 0 aliphatic heterocycles. The van der Waals surface area contributed by atoms with Crippen molar-refractivity contribution in [1.82, 2.24) is 4.98 Å². The molecule has 0 spiro atoms. The van der Waals surface area contributed by atoms with E-state index in [0.29, 0.717) is 6.42 Å². The molecule has 1 heterocycles. The zero-order valence-corrected chi connectivity index (χ0v) is 9.53. The normalized spacial score (nSPS) is 11.2. The summed E-state index contributed by atoms with van der Waals surface area (Å²) in [5, 5.41) is 12.1. The summed E-state index contributed by atoms with van der Waals surface area (Å²) in [6.07, 6.45) is 2.14. The molecule has 5 nitrogen and oxygen atoms in total. The summed E-state index contributed by atoms with van der Waals surface area (Å²) >= 11 is 0. The molecule has 4 N–H and O–H groups in total. The number of carbonyl (C=O) groups is 1. The van der Waals surface area contributed by atoms with E-state index in [1.165, 1.54) is 6.20 Å². The Bertz CT molecular complexity index is 377. The van der Waals surface area contributed by atoms with Crippen LogP contribution < -0.4 is 11.1 Å². The first kappa shape index (κ1) is 12.4. The lowest BCUT2D eigenvalue weighted by Gasteiger charge is -2.26. The van der Waals surface area contributed by atoms with Crippen molar-refractivity contribution in [3.8, 4) is 0 Å². The van der Waals surface area contributed by atoms with Crippen molar-refractivity contribution < 1.29 is 9.90 Å². The van der Waals surface area contributed by atoms with Crippen molar-refractivity contribution in [1.29, 1.82) is 0 Å². The Morgan fingerprint density at radius 1 is 1.62 bits per heavy atom. The summed E-state index contributed by atoms with van der Waals surface area (Å²) in [7, 11) is 0. The number of carbonyl (C=O) groups excluding carboxylic acids is 1. The van der Waals surface area contributed by atoms with Crippen LogP contribution in [0.2, 0.25) is 0 Å². The molecule has 0 aliphatic carbocycles. The second-order valence-electron chi connectivity index (χ2n) is 4.28. The summed E-state index contributed by atoms with van der Waals surface area (Å²) in [4.78, 5) is 14.8. The van der Waals surface area contributed by atoms with E-state index in [1.54, 1.807) is 12.1 Å². The highest BCUT2D eigenvalue weighted by Gasteiger charge is 2.16. The molecule has 0 aromatic carbocycles. The summed E-state index contributed by atoms with van der Waals surface area (Å²) in [5.41, 5.74) is 5.88. The Morgan fingerprint density at radius 2 is 2.31 bits per heavy atom. The fraction of sp³-hybridized carbons (Fsp3) is 0.455. The van der Waals surface area contributed by atoms with Gasteiger partial charge in [-0.1, -0.05) is 0 Å². The predicted octanol–water partition coefficient (Wildman–Crippen LogP) is 0.753. The van der Waals surface area contributed by atoms with Gasteiger partial charge in [-0.25, -0.2) is 0 Å². The highest BCUT2D eigenvalue weighted by Crippen LogP contribution is 2.17. The molecule has 0 saturated heterocycles. The fourth-order valence-corrected chi connectivity index (χ4v) is 1.38. The molecule has 1 aromatic heterocycles. The van der Waals surface area contributed by atoms with Gasteiger partial charge < -0.3 is 16.2 Å². The minimum atomic E-state index is -0.552. The molecule has 0 radical (unpaired) electrons. The third-order valence-electron chi connectivity index (χ3n) is 2.23. The average molecular weight is 223 g/mol. The molecule has 16 heavy (non-hydrogen) atoms. The minimum absolute atomic E-state index is 0.105. The van der Waals surface area contributed by atoms with Gasteiger partial charge in [0.15, 0.2) is 0 Å². The first-order chi connectivity index (χ1) is 7.44. The monoisotopic (exact) mass is 223 g/mol. The quantitative estimate of drug-likeness (QED) is 0.687. The van der Waals surface area contributed by atoms with E-state index >= 15 is 0 Å². The highest BCUT2D eigenvalue weighted by molar-refractivity contribution is 5.91. The maximum absolute atomic E-state index is 10.9. The van der Waals surface area contributed by atoms with Crippen LogP contribution >= 0.6 is 0 Å². The predicted molar refractivity (Wildman–Crippen MR) is 62.2 cm³/mol. The molecule has 0 aliphatic rings. The lowest BCUT2D eigenvalue weighted by atomic mass is 10.0. The van der Waals surface area contributed by atoms with Crippen LogP contribution in [0, 0.1) is 0 Å². The van der Waals surface area contributed by atoms with Crippen LogP contribution in [0.25, 0.3) is 0 Å². The van der Waals surface area contributed by atoms with Gasteiger partial charge in [-0.15, -0.1) is 0 Å². The lowest BCUT2D eigenvalue weighted by Crippen LogP contribution is -2.32. The van der Waals surface area contributed by atoms with Crippen molar-refractivity contribution in [2.75, 3.05) is 11.9 Å². The molecule has 1 aromatic rings. The van der Waals surface area contributed by atoms with E-state index in [9.17, 15) is 4.79 Å². The van der Waals surface area contributed by atoms with Crippen molar-refractivity contribution in [3.05, 3.63) is 24.0 Å². The number of amides is 1. The largest absolute Gasteiger partial charge is 0.396 e. The number of aliphatic hydroxyl groups is 1. The van der Waals surface area contributed by atoms with Gasteiger partial charge in [0, 0.05) is 24.0 Å². The van der Waals surface area contributed by atoms with Crippen LogP contribution in [0.3, 0.4) is 0 Å². The third kappa shape index (κ3) is 3.51. The molecule has 1 amide bonds. The average Bonchev–Trinajstić information content (AvgIpc) is 2.17. The smallest absolute Gasteiger partial charge is 0.267 e. The molecular weight excluding hydrogens is 206 g/mol. The van der Waals surface area contributed by atoms with Gasteiger partial charge >= 0.3 is 0 Å². The second kappa shape index (κ2) is 4.94. The molecule has 0 saturated carbocycles. The number of primary amides is 1. The van der Waals surface area contributed by atoms with Crippen LogP contribution in [0.15, 0.2) is 18.3 Å². The molecule has 0 bridgehead atoms. The molecule has 0 atom stereocenters. The number of anilines is 1. The van der Waals surface area contributed by atoms with Gasteiger partial charge in [0.05, 0.1) is 0 Å². The van der Waals surface area contributed by atoms with Crippen molar-refractivity contribution >= 4 is 11.6 Å². The van der Waals surface area contributed by atoms with Gasteiger partial charge in [-0.05, 0) is 32.4 Å². The van der Waals surface area contributed by atoms with Crippen LogP contribution in [0.5, 0.6) is 0 Å². The van der Waals surface area contributed by atoms with Crippen LogP contribution in [-0.4, -0.2) is 28.1 Å². The Balaban J connectivity index is 2.81. The Hall–Kier alpha value is -1.62. The first-order valence-electron chi connectivity index (χ1n) is 5.09. The zero-order valence-electron chi connectivity index (χ0n) is 9.53. The summed E-state index contributed by atoms with van der Waals surface area (Å²) in [5.74, 6) is -0.552. The number of pyridine rings is 1. The van der Waals surface area contributed by atoms with Crippen molar-refractivity contribution in [2.24, 2.45) is 5.73 Å². The SMILES string of the molecule is CC(C)(CCO)Nc1ccnc(C(N)=O)c1. The third-order valence-corrected chi connectivity index (χ3v) is 2.23. The first-order valence-corrected chi connectivity index (χ1v) is 5.09. The van der Waals surface area contributed by atoms with Crippen LogP contribution in [0.1, 0.15) is 30.8 Å². The lowest BCUT2D eigenvalue weighted by molar-refractivity contribution is 0.0995. The van der Waals surface area contributed by atoms with Gasteiger partial charge in [0.1, 0.15) is 5.69 Å². The minimum Gasteiger partial charge on any atom is -0.396 e. The molecular formula is C11H17N3O2. The number of aliphatic hydroxyl groups excluding tert-OH is 1. The van der Waals surface area contributed by atoms with Crippen molar-refractivity contribution in [3.63, 3.8) is 0 Å². The van der Waals surface area contributed by atoms with Gasteiger partial charge in [0.2, 0.25) is 0 Å². The van der Waals surface area contributed by atoms with E-state index in [2.05, 4.69) is 10.3 Å². The number of nitrogens with two attached hydrogens (primary N) is 1. The second-order valence-corrected chi connectivity index (χ2v) is 4.28. The van der Waals surface area contributed by atoms with Gasteiger partial charge in [-0.3, -0.25) is 9.78 Å². The topological polar surface area (TPSA) is 88.2 Å². The van der Waals surface area contributed by atoms with E-state index in [-0.39, 0.29) is 17.8 Å². The Labute approximate surface area is 94.7 Å². The van der Waals surface area contributed by atoms with Crippen LogP contribution in [-0.2, 0) is 0 Å². The van der Waals surface area contributed by atoms with Gasteiger partial charge in [-0.2, -0.15) is 0 Å². The number of nitrogens with one attached hydrogen (secondary N) is 1. The van der Waals surface area contributed by atoms with E-state index in [0.717, 1.165) is 5.69 Å².